The molecule has 9 heteroatoms. The number of imide groups is 1. The molecule has 0 spiro atoms. The van der Waals surface area contributed by atoms with Crippen molar-refractivity contribution in [2.45, 2.75) is 6.23 Å². The zero-order chi connectivity index (χ0) is 14.6. The van der Waals surface area contributed by atoms with Crippen LogP contribution in [0, 0.1) is 0 Å². The van der Waals surface area contributed by atoms with Crippen LogP contribution in [-0.2, 0) is 9.63 Å². The van der Waals surface area contributed by atoms with Gasteiger partial charge < -0.3 is 10.2 Å². The zero-order valence-corrected chi connectivity index (χ0v) is 9.64. The number of rotatable bonds is 3. The van der Waals surface area contributed by atoms with Crippen LogP contribution in [0.5, 0.6) is 0 Å². The highest BCUT2D eigenvalue weighted by Crippen LogP contribution is 2.37. The van der Waals surface area contributed by atoms with Gasteiger partial charge in [-0.1, -0.05) is 6.07 Å². The molecular formula is C11H6N2O7. The number of carbonyl (C=O) groups excluding carboxylic acids is 2. The quantitative estimate of drug-likeness (QED) is 0.752. The summed E-state index contributed by atoms with van der Waals surface area (Å²) in [7, 11) is 0. The van der Waals surface area contributed by atoms with Gasteiger partial charge in [0.15, 0.2) is 0 Å². The van der Waals surface area contributed by atoms with Gasteiger partial charge >= 0.3 is 23.9 Å². The number of hydrogen-bond acceptors (Lipinski definition) is 5. The van der Waals surface area contributed by atoms with Gasteiger partial charge in [-0.3, -0.25) is 9.69 Å². The van der Waals surface area contributed by atoms with Gasteiger partial charge in [-0.15, -0.1) is 5.06 Å². The molecule has 3 saturated heterocycles. The monoisotopic (exact) mass is 278 g/mol. The number of benzene rings is 1. The van der Waals surface area contributed by atoms with Crippen LogP contribution in [0.2, 0.25) is 0 Å². The van der Waals surface area contributed by atoms with E-state index in [1.54, 1.807) is 0 Å². The number of aromatic carboxylic acids is 2. The summed E-state index contributed by atoms with van der Waals surface area (Å²) in [4.78, 5) is 51.1. The molecule has 0 aliphatic carbocycles. The molecule has 9 nitrogen and oxygen atoms in total. The lowest BCUT2D eigenvalue weighted by Gasteiger charge is -2.23. The normalized spacial score (nSPS) is 20.1. The second kappa shape index (κ2) is 3.78. The summed E-state index contributed by atoms with van der Waals surface area (Å²) < 4.78 is 0. The molecule has 4 rings (SSSR count). The van der Waals surface area contributed by atoms with Crippen LogP contribution < -0.4 is 4.90 Å². The van der Waals surface area contributed by atoms with Crippen LogP contribution in [0.3, 0.4) is 0 Å². The van der Waals surface area contributed by atoms with Crippen molar-refractivity contribution >= 4 is 29.6 Å². The molecule has 1 aromatic rings. The van der Waals surface area contributed by atoms with Crippen LogP contribution in [0.4, 0.5) is 10.5 Å². The smallest absolute Gasteiger partial charge is 0.358 e. The number of anilines is 1. The molecule has 3 fully saturated rings. The molecule has 2 N–H and O–H groups in total. The molecule has 0 saturated carbocycles. The van der Waals surface area contributed by atoms with Crippen molar-refractivity contribution < 1.29 is 34.2 Å². The maximum Gasteiger partial charge on any atom is 0.358 e. The fourth-order valence-electron chi connectivity index (χ4n) is 2.12. The predicted octanol–water partition coefficient (Wildman–Crippen LogP) is 0.123. The summed E-state index contributed by atoms with van der Waals surface area (Å²) >= 11 is 0. The van der Waals surface area contributed by atoms with Crippen LogP contribution in [0.15, 0.2) is 18.2 Å². The van der Waals surface area contributed by atoms with E-state index < -0.39 is 41.2 Å². The average Bonchev–Trinajstić information content (AvgIpc) is 2.86. The molecule has 3 aliphatic rings. The summed E-state index contributed by atoms with van der Waals surface area (Å²) in [6.07, 6.45) is -1.23. The van der Waals surface area contributed by atoms with Gasteiger partial charge in [0.05, 0.1) is 16.8 Å². The number of amides is 3. The van der Waals surface area contributed by atoms with E-state index in [0.29, 0.717) is 5.06 Å². The van der Waals surface area contributed by atoms with E-state index in [2.05, 4.69) is 0 Å². The van der Waals surface area contributed by atoms with Gasteiger partial charge in [0.25, 0.3) is 0 Å². The first kappa shape index (κ1) is 12.1. The Morgan fingerprint density at radius 2 is 1.85 bits per heavy atom. The van der Waals surface area contributed by atoms with Crippen molar-refractivity contribution in [3.05, 3.63) is 29.3 Å². The molecule has 3 aliphatic heterocycles. The highest BCUT2D eigenvalue weighted by Gasteiger charge is 2.60. The summed E-state index contributed by atoms with van der Waals surface area (Å²) in [5.41, 5.74) is -1.24. The van der Waals surface area contributed by atoms with Gasteiger partial charge in [0.2, 0.25) is 6.23 Å². The summed E-state index contributed by atoms with van der Waals surface area (Å²) in [6.45, 7) is 0. The minimum absolute atomic E-state index is 0.194. The molecule has 1 unspecified atom stereocenters. The van der Waals surface area contributed by atoms with Crippen LogP contribution in [0.25, 0.3) is 0 Å². The standard InChI is InChI=1S/C11H6N2O7/c14-7-8-12(11(19)13(7)20-8)5-3-1-2-4(9(15)16)6(5)10(17)18/h1-3,8H,(H,15,16)(H,17,18). The van der Waals surface area contributed by atoms with E-state index >= 15 is 0 Å². The van der Waals surface area contributed by atoms with Crippen molar-refractivity contribution in [1.29, 1.82) is 0 Å². The van der Waals surface area contributed by atoms with E-state index in [-0.39, 0.29) is 5.69 Å². The van der Waals surface area contributed by atoms with E-state index in [0.717, 1.165) is 11.0 Å². The lowest BCUT2D eigenvalue weighted by Crippen LogP contribution is -2.47. The molecule has 2 bridgehead atoms. The topological polar surface area (TPSA) is 124 Å². The maximum absolute atomic E-state index is 11.8. The lowest BCUT2D eigenvalue weighted by atomic mass is 10.0. The molecule has 0 aromatic heterocycles. The summed E-state index contributed by atoms with van der Waals surface area (Å²) in [5, 5.41) is 18.7. The molecule has 102 valence electrons. The Morgan fingerprint density at radius 3 is 2.30 bits per heavy atom. The van der Waals surface area contributed by atoms with Crippen molar-refractivity contribution in [3.8, 4) is 0 Å². The Balaban J connectivity index is 2.18. The molecule has 20 heavy (non-hydrogen) atoms. The van der Waals surface area contributed by atoms with Gasteiger partial charge in [0, 0.05) is 0 Å². The number of carboxylic acids is 2. The van der Waals surface area contributed by atoms with Crippen LogP contribution in [0.1, 0.15) is 20.7 Å². The highest BCUT2D eigenvalue weighted by molar-refractivity contribution is 6.18. The minimum Gasteiger partial charge on any atom is -0.478 e. The fourth-order valence-corrected chi connectivity index (χ4v) is 2.12. The fraction of sp³-hybridized carbons (Fsp3) is 0.0909. The molecule has 3 heterocycles. The number of hydrogen-bond donors (Lipinski definition) is 2. The largest absolute Gasteiger partial charge is 0.478 e. The van der Waals surface area contributed by atoms with Gasteiger partial charge in [-0.05, 0) is 12.1 Å². The Hall–Kier alpha value is -2.94. The number of carboxylic acid groups (broad SMARTS) is 2. The third-order valence-electron chi connectivity index (χ3n) is 2.98. The number of hydroxylamine groups is 2. The second-order valence-corrected chi connectivity index (χ2v) is 4.05. The molecule has 3 amide bonds. The Kier molecular flexibility index (Phi) is 2.29. The third kappa shape index (κ3) is 1.34. The Labute approximate surface area is 110 Å². The highest BCUT2D eigenvalue weighted by atomic mass is 16.8. The number of nitrogens with zero attached hydrogens (tertiary/aromatic N) is 2. The first-order chi connectivity index (χ1) is 9.43. The first-order valence-electron chi connectivity index (χ1n) is 5.37. The number of carbonyl (C=O) groups is 4. The SMILES string of the molecule is O=C(O)c1cccc(N2C(=O)N3OC2C3=O)c1C(=O)O. The van der Waals surface area contributed by atoms with Crippen molar-refractivity contribution in [1.82, 2.24) is 5.06 Å². The van der Waals surface area contributed by atoms with Gasteiger partial charge in [-0.2, -0.15) is 0 Å². The molecule has 1 atom stereocenters. The number of urea groups is 1. The Bertz CT molecular complexity index is 683. The van der Waals surface area contributed by atoms with Crippen molar-refractivity contribution in [2.75, 3.05) is 4.90 Å². The minimum atomic E-state index is -1.52. The van der Waals surface area contributed by atoms with Crippen LogP contribution >= 0.6 is 0 Å². The lowest BCUT2D eigenvalue weighted by molar-refractivity contribution is -0.220. The zero-order valence-electron chi connectivity index (χ0n) is 9.64. The maximum atomic E-state index is 11.8. The van der Waals surface area contributed by atoms with E-state index in [1.807, 2.05) is 0 Å². The summed E-state index contributed by atoms with van der Waals surface area (Å²) in [5.74, 6) is -3.58. The van der Waals surface area contributed by atoms with Crippen molar-refractivity contribution in [3.63, 3.8) is 0 Å². The Morgan fingerprint density at radius 1 is 1.15 bits per heavy atom. The van der Waals surface area contributed by atoms with Gasteiger partial charge in [0.1, 0.15) is 0 Å². The van der Waals surface area contributed by atoms with Gasteiger partial charge in [-0.25, -0.2) is 19.2 Å². The van der Waals surface area contributed by atoms with E-state index in [1.165, 1.54) is 12.1 Å². The molecular weight excluding hydrogens is 272 g/mol. The van der Waals surface area contributed by atoms with E-state index in [9.17, 15) is 19.2 Å². The molecule has 1 aromatic carbocycles. The second-order valence-electron chi connectivity index (χ2n) is 4.05. The first-order valence-corrected chi connectivity index (χ1v) is 5.37. The van der Waals surface area contributed by atoms with E-state index in [4.69, 9.17) is 15.1 Å². The number of fused-ring (bicyclic) bond motifs is 1. The third-order valence-corrected chi connectivity index (χ3v) is 2.98. The molecule has 0 radical (unpaired) electrons. The average molecular weight is 278 g/mol. The van der Waals surface area contributed by atoms with Crippen LogP contribution in [-0.4, -0.2) is 45.4 Å². The van der Waals surface area contributed by atoms with Crippen molar-refractivity contribution in [2.24, 2.45) is 0 Å². The summed E-state index contributed by atoms with van der Waals surface area (Å²) in [6, 6.07) is 2.79. The predicted molar refractivity (Wildman–Crippen MR) is 60.0 cm³/mol.